The van der Waals surface area contributed by atoms with Crippen LogP contribution in [0.15, 0.2) is 18.2 Å². The Morgan fingerprint density at radius 2 is 2.32 bits per heavy atom. The molecule has 2 atom stereocenters. The Balaban J connectivity index is 1.80. The predicted molar refractivity (Wildman–Crippen MR) is 75.9 cm³/mol. The minimum Gasteiger partial charge on any atom is -0.391 e. The van der Waals surface area contributed by atoms with Crippen molar-refractivity contribution in [2.45, 2.75) is 38.5 Å². The molecule has 0 bridgehead atoms. The van der Waals surface area contributed by atoms with Crippen molar-refractivity contribution < 1.29 is 9.84 Å². The molecule has 1 aliphatic rings. The third-order valence-corrected chi connectivity index (χ3v) is 3.59. The summed E-state index contributed by atoms with van der Waals surface area (Å²) in [5, 5.41) is 13.1. The molecule has 106 valence electrons. The first-order chi connectivity index (χ1) is 9.22. The number of benzene rings is 1. The minimum atomic E-state index is -0.426. The second kappa shape index (κ2) is 7.01. The zero-order valence-electron chi connectivity index (χ0n) is 11.6. The lowest BCUT2D eigenvalue weighted by molar-refractivity contribution is 0.144. The number of nitrogens with one attached hydrogen (secondary N) is 1. The molecule has 0 saturated heterocycles. The van der Waals surface area contributed by atoms with Crippen LogP contribution < -0.4 is 11.1 Å². The lowest BCUT2D eigenvalue weighted by Gasteiger charge is -2.11. The molecule has 1 aliphatic carbocycles. The van der Waals surface area contributed by atoms with Gasteiger partial charge in [-0.2, -0.15) is 0 Å². The molecule has 0 fully saturated rings. The Hall–Kier alpha value is -0.940. The Morgan fingerprint density at radius 3 is 3.11 bits per heavy atom. The van der Waals surface area contributed by atoms with Crippen LogP contribution >= 0.6 is 0 Å². The second-order valence-electron chi connectivity index (χ2n) is 5.06. The Morgan fingerprint density at radius 1 is 1.47 bits per heavy atom. The summed E-state index contributed by atoms with van der Waals surface area (Å²) in [6.07, 6.45) is 1.28. The lowest BCUT2D eigenvalue weighted by Crippen LogP contribution is -2.21. The van der Waals surface area contributed by atoms with Crippen LogP contribution in [-0.2, 0) is 17.7 Å². The van der Waals surface area contributed by atoms with Crippen molar-refractivity contribution in [3.05, 3.63) is 34.9 Å². The molecule has 19 heavy (non-hydrogen) atoms. The van der Waals surface area contributed by atoms with E-state index in [9.17, 15) is 5.11 Å². The number of hydrogen-bond acceptors (Lipinski definition) is 4. The van der Waals surface area contributed by atoms with Gasteiger partial charge in [0.05, 0.1) is 12.1 Å². The van der Waals surface area contributed by atoms with Gasteiger partial charge in [0.1, 0.15) is 0 Å². The Bertz CT molecular complexity index is 409. The molecule has 1 aromatic rings. The van der Waals surface area contributed by atoms with E-state index in [4.69, 9.17) is 10.5 Å². The van der Waals surface area contributed by atoms with Gasteiger partial charge in [-0.15, -0.1) is 0 Å². The van der Waals surface area contributed by atoms with Crippen LogP contribution in [0.1, 0.15) is 36.1 Å². The van der Waals surface area contributed by atoms with Gasteiger partial charge in [0.25, 0.3) is 0 Å². The van der Waals surface area contributed by atoms with Crippen molar-refractivity contribution in [2.75, 3.05) is 19.8 Å². The number of hydrogen-bond donors (Lipinski definition) is 3. The van der Waals surface area contributed by atoms with Crippen LogP contribution in [0.3, 0.4) is 0 Å². The molecule has 4 N–H and O–H groups in total. The van der Waals surface area contributed by atoms with Crippen LogP contribution in [-0.4, -0.2) is 31.0 Å². The molecule has 0 aromatic heterocycles. The third-order valence-electron chi connectivity index (χ3n) is 3.59. The maximum Gasteiger partial charge on any atom is 0.0773 e. The van der Waals surface area contributed by atoms with Crippen LogP contribution in [0.5, 0.6) is 0 Å². The summed E-state index contributed by atoms with van der Waals surface area (Å²) in [5.41, 5.74) is 9.48. The Kier molecular flexibility index (Phi) is 5.34. The summed E-state index contributed by atoms with van der Waals surface area (Å²) in [7, 11) is 0. The van der Waals surface area contributed by atoms with Crippen LogP contribution in [0.4, 0.5) is 0 Å². The number of aliphatic hydroxyl groups is 1. The van der Waals surface area contributed by atoms with E-state index < -0.39 is 6.10 Å². The summed E-state index contributed by atoms with van der Waals surface area (Å²) in [4.78, 5) is 0. The quantitative estimate of drug-likeness (QED) is 0.646. The van der Waals surface area contributed by atoms with Gasteiger partial charge in [0, 0.05) is 26.2 Å². The SMILES string of the molecule is CCOCCCNCc1ccc2c(c1)[C@@H](N)[C@H](O)C2. The molecular formula is C15H24N2O2. The van der Waals surface area contributed by atoms with Crippen molar-refractivity contribution in [3.8, 4) is 0 Å². The van der Waals surface area contributed by atoms with E-state index in [-0.39, 0.29) is 6.04 Å². The summed E-state index contributed by atoms with van der Waals surface area (Å²) >= 11 is 0. The van der Waals surface area contributed by atoms with Gasteiger partial charge in [-0.1, -0.05) is 18.2 Å². The van der Waals surface area contributed by atoms with Crippen molar-refractivity contribution >= 4 is 0 Å². The molecule has 4 heteroatoms. The second-order valence-corrected chi connectivity index (χ2v) is 5.06. The summed E-state index contributed by atoms with van der Waals surface area (Å²) in [6.45, 7) is 5.39. The first-order valence-corrected chi connectivity index (χ1v) is 7.06. The van der Waals surface area contributed by atoms with Gasteiger partial charge >= 0.3 is 0 Å². The topological polar surface area (TPSA) is 67.5 Å². The van der Waals surface area contributed by atoms with Gasteiger partial charge in [-0.05, 0) is 36.6 Å². The fourth-order valence-electron chi connectivity index (χ4n) is 2.49. The van der Waals surface area contributed by atoms with Crippen LogP contribution in [0.25, 0.3) is 0 Å². The highest BCUT2D eigenvalue weighted by Gasteiger charge is 2.27. The van der Waals surface area contributed by atoms with E-state index in [2.05, 4.69) is 23.5 Å². The van der Waals surface area contributed by atoms with E-state index in [1.54, 1.807) is 0 Å². The molecule has 0 amide bonds. The molecule has 2 rings (SSSR count). The molecular weight excluding hydrogens is 240 g/mol. The summed E-state index contributed by atoms with van der Waals surface area (Å²) in [5.74, 6) is 0. The number of fused-ring (bicyclic) bond motifs is 1. The number of nitrogens with two attached hydrogens (primary N) is 1. The highest BCUT2D eigenvalue weighted by Crippen LogP contribution is 2.30. The van der Waals surface area contributed by atoms with E-state index in [1.807, 2.05) is 6.92 Å². The number of aliphatic hydroxyl groups excluding tert-OH is 1. The monoisotopic (exact) mass is 264 g/mol. The zero-order chi connectivity index (χ0) is 13.7. The van der Waals surface area contributed by atoms with Gasteiger partial charge in [0.15, 0.2) is 0 Å². The average Bonchev–Trinajstić information content (AvgIpc) is 2.70. The third kappa shape index (κ3) is 3.76. The largest absolute Gasteiger partial charge is 0.391 e. The number of ether oxygens (including phenoxy) is 1. The van der Waals surface area contributed by atoms with Crippen molar-refractivity contribution in [2.24, 2.45) is 5.73 Å². The Labute approximate surface area is 115 Å². The zero-order valence-corrected chi connectivity index (χ0v) is 11.6. The normalized spacial score (nSPS) is 21.6. The molecule has 0 aliphatic heterocycles. The van der Waals surface area contributed by atoms with Crippen LogP contribution in [0.2, 0.25) is 0 Å². The van der Waals surface area contributed by atoms with E-state index in [0.717, 1.165) is 38.3 Å². The fourth-order valence-corrected chi connectivity index (χ4v) is 2.49. The van der Waals surface area contributed by atoms with Crippen molar-refractivity contribution in [1.29, 1.82) is 0 Å². The molecule has 0 heterocycles. The average molecular weight is 264 g/mol. The maximum absolute atomic E-state index is 9.75. The highest BCUT2D eigenvalue weighted by atomic mass is 16.5. The summed E-state index contributed by atoms with van der Waals surface area (Å²) in [6, 6.07) is 6.08. The van der Waals surface area contributed by atoms with Gasteiger partial charge in [-0.25, -0.2) is 0 Å². The smallest absolute Gasteiger partial charge is 0.0773 e. The molecule has 0 saturated carbocycles. The predicted octanol–water partition coefficient (Wildman–Crippen LogP) is 1.12. The molecule has 0 radical (unpaired) electrons. The molecule has 0 spiro atoms. The van der Waals surface area contributed by atoms with E-state index >= 15 is 0 Å². The summed E-state index contributed by atoms with van der Waals surface area (Å²) < 4.78 is 5.29. The van der Waals surface area contributed by atoms with Crippen molar-refractivity contribution in [3.63, 3.8) is 0 Å². The van der Waals surface area contributed by atoms with Gasteiger partial charge < -0.3 is 20.9 Å². The maximum atomic E-state index is 9.75. The first kappa shape index (κ1) is 14.5. The standard InChI is InChI=1S/C15H24N2O2/c1-2-19-7-3-6-17-10-11-4-5-12-9-14(18)15(16)13(12)8-11/h4-5,8,14-15,17-18H,2-3,6-7,9-10,16H2,1H3/t14-,15-/m1/s1. The minimum absolute atomic E-state index is 0.229. The first-order valence-electron chi connectivity index (χ1n) is 7.06. The van der Waals surface area contributed by atoms with Gasteiger partial charge in [0.2, 0.25) is 0 Å². The fraction of sp³-hybridized carbons (Fsp3) is 0.600. The van der Waals surface area contributed by atoms with Gasteiger partial charge in [-0.3, -0.25) is 0 Å². The van der Waals surface area contributed by atoms with Crippen LogP contribution in [0, 0.1) is 0 Å². The number of rotatable bonds is 7. The lowest BCUT2D eigenvalue weighted by atomic mass is 10.0. The molecule has 4 nitrogen and oxygen atoms in total. The van der Waals surface area contributed by atoms with E-state index in [0.29, 0.717) is 6.42 Å². The highest BCUT2D eigenvalue weighted by molar-refractivity contribution is 5.39. The molecule has 0 unspecified atom stereocenters. The van der Waals surface area contributed by atoms with Crippen molar-refractivity contribution in [1.82, 2.24) is 5.32 Å². The molecule has 1 aromatic carbocycles. The van der Waals surface area contributed by atoms with E-state index in [1.165, 1.54) is 11.1 Å².